The highest BCUT2D eigenvalue weighted by Gasteiger charge is 2.17. The van der Waals surface area contributed by atoms with Gasteiger partial charge in [-0.3, -0.25) is 4.98 Å². The average molecular weight is 408 g/mol. The molecular formula is C20H20N6O2S. The second-order valence-electron chi connectivity index (χ2n) is 6.73. The lowest BCUT2D eigenvalue weighted by Crippen LogP contribution is -2.22. The first-order valence-corrected chi connectivity index (χ1v) is 10.4. The molecule has 4 rings (SSSR count). The molecule has 0 aliphatic rings. The summed E-state index contributed by atoms with van der Waals surface area (Å²) in [6, 6.07) is 16.0. The van der Waals surface area contributed by atoms with Crippen LogP contribution in [0.1, 0.15) is 5.69 Å². The number of aryl methyl sites for hydroxylation is 1. The normalized spacial score (nSPS) is 11.9. The largest absolute Gasteiger partial charge is 0.340 e. The summed E-state index contributed by atoms with van der Waals surface area (Å²) < 4.78 is 27.4. The van der Waals surface area contributed by atoms with Gasteiger partial charge in [0.15, 0.2) is 5.65 Å². The first-order chi connectivity index (χ1) is 13.8. The van der Waals surface area contributed by atoms with Crippen LogP contribution in [0.15, 0.2) is 65.7 Å². The van der Waals surface area contributed by atoms with E-state index in [1.807, 2.05) is 37.3 Å². The third-order valence-corrected chi connectivity index (χ3v) is 6.21. The number of nitrogens with zero attached hydrogens (tertiary/aromatic N) is 5. The van der Waals surface area contributed by atoms with Crippen molar-refractivity contribution in [2.24, 2.45) is 0 Å². The van der Waals surface area contributed by atoms with Gasteiger partial charge in [0.05, 0.1) is 22.0 Å². The van der Waals surface area contributed by atoms with Crippen LogP contribution in [0.4, 0.5) is 11.5 Å². The monoisotopic (exact) mass is 408 g/mol. The van der Waals surface area contributed by atoms with Gasteiger partial charge in [-0.1, -0.05) is 6.07 Å². The summed E-state index contributed by atoms with van der Waals surface area (Å²) in [5.74, 6) is 0.701. The molecule has 0 radical (unpaired) electrons. The quantitative estimate of drug-likeness (QED) is 0.546. The molecule has 0 saturated heterocycles. The highest BCUT2D eigenvalue weighted by Crippen LogP contribution is 2.25. The molecule has 0 aliphatic heterocycles. The zero-order valence-electron chi connectivity index (χ0n) is 16.2. The number of rotatable bonds is 5. The number of hydrogen-bond donors (Lipinski definition) is 1. The molecule has 0 atom stereocenters. The summed E-state index contributed by atoms with van der Waals surface area (Å²) in [6.07, 6.45) is 1.72. The molecule has 0 amide bonds. The van der Waals surface area contributed by atoms with Gasteiger partial charge < -0.3 is 5.32 Å². The number of sulfonamides is 1. The number of pyridine rings is 1. The summed E-state index contributed by atoms with van der Waals surface area (Å²) in [7, 11) is -0.454. The van der Waals surface area contributed by atoms with Crippen molar-refractivity contribution in [1.82, 2.24) is 23.9 Å². The molecule has 0 spiro atoms. The molecule has 4 aromatic rings. The van der Waals surface area contributed by atoms with Crippen LogP contribution >= 0.6 is 0 Å². The van der Waals surface area contributed by atoms with Crippen LogP contribution in [0.5, 0.6) is 0 Å². The molecule has 1 N–H and O–H groups in total. The van der Waals surface area contributed by atoms with Gasteiger partial charge >= 0.3 is 0 Å². The number of nitrogens with one attached hydrogen (secondary N) is 1. The van der Waals surface area contributed by atoms with Crippen molar-refractivity contribution in [3.05, 3.63) is 66.5 Å². The Morgan fingerprint density at radius 2 is 1.76 bits per heavy atom. The zero-order chi connectivity index (χ0) is 20.6. The number of anilines is 2. The van der Waals surface area contributed by atoms with Crippen LogP contribution in [0.25, 0.3) is 17.0 Å². The summed E-state index contributed by atoms with van der Waals surface area (Å²) in [4.78, 5) is 9.26. The Labute approximate surface area is 168 Å². The van der Waals surface area contributed by atoms with E-state index >= 15 is 0 Å². The first kappa shape index (κ1) is 19.0. The maximum Gasteiger partial charge on any atom is 0.242 e. The van der Waals surface area contributed by atoms with E-state index in [1.54, 1.807) is 35.0 Å². The topological polar surface area (TPSA) is 92.5 Å². The second-order valence-corrected chi connectivity index (χ2v) is 8.89. The van der Waals surface area contributed by atoms with Crippen LogP contribution in [-0.4, -0.2) is 46.4 Å². The van der Waals surface area contributed by atoms with Crippen LogP contribution in [-0.2, 0) is 10.0 Å². The molecule has 8 nitrogen and oxygen atoms in total. The Morgan fingerprint density at radius 1 is 1.00 bits per heavy atom. The van der Waals surface area contributed by atoms with Gasteiger partial charge in [0.1, 0.15) is 5.82 Å². The highest BCUT2D eigenvalue weighted by molar-refractivity contribution is 7.89. The zero-order valence-corrected chi connectivity index (χ0v) is 17.1. The van der Waals surface area contributed by atoms with Crippen LogP contribution in [0.2, 0.25) is 0 Å². The van der Waals surface area contributed by atoms with Gasteiger partial charge in [-0.25, -0.2) is 17.7 Å². The average Bonchev–Trinajstić information content (AvgIpc) is 3.09. The van der Waals surface area contributed by atoms with E-state index in [4.69, 9.17) is 0 Å². The molecule has 0 aliphatic carbocycles. The molecule has 0 saturated carbocycles. The minimum Gasteiger partial charge on any atom is -0.340 e. The van der Waals surface area contributed by atoms with Crippen LogP contribution in [0.3, 0.4) is 0 Å². The Hall–Kier alpha value is -3.30. The van der Waals surface area contributed by atoms with Crippen LogP contribution < -0.4 is 5.32 Å². The van der Waals surface area contributed by atoms with Gasteiger partial charge in [0.2, 0.25) is 10.0 Å². The lowest BCUT2D eigenvalue weighted by molar-refractivity contribution is 0.521. The predicted molar refractivity (Wildman–Crippen MR) is 112 cm³/mol. The van der Waals surface area contributed by atoms with Crippen LogP contribution in [0, 0.1) is 6.92 Å². The summed E-state index contributed by atoms with van der Waals surface area (Å²) in [6.45, 7) is 1.90. The van der Waals surface area contributed by atoms with Gasteiger partial charge in [-0.2, -0.15) is 9.61 Å². The maximum absolute atomic E-state index is 12.3. The molecule has 0 unspecified atom stereocenters. The van der Waals surface area contributed by atoms with Crippen molar-refractivity contribution in [2.75, 3.05) is 19.4 Å². The van der Waals surface area contributed by atoms with E-state index in [9.17, 15) is 8.42 Å². The standard InChI is InChI=1S/C20H20N6O2S/c1-14-12-19-23-18(17-6-4-5-11-21-17)13-20(26(19)24-14)22-15-7-9-16(10-8-15)29(27,28)25(2)3/h4-13,22H,1-3H3. The first-order valence-electron chi connectivity index (χ1n) is 8.93. The molecule has 3 aromatic heterocycles. The molecule has 0 fully saturated rings. The molecule has 1 aromatic carbocycles. The molecule has 9 heteroatoms. The van der Waals surface area contributed by atoms with E-state index in [0.29, 0.717) is 17.2 Å². The van der Waals surface area contributed by atoms with E-state index in [-0.39, 0.29) is 4.90 Å². The minimum absolute atomic E-state index is 0.233. The van der Waals surface area contributed by atoms with E-state index < -0.39 is 10.0 Å². The highest BCUT2D eigenvalue weighted by atomic mass is 32.2. The Balaban J connectivity index is 1.74. The van der Waals surface area contributed by atoms with Crippen molar-refractivity contribution in [1.29, 1.82) is 0 Å². The molecule has 0 bridgehead atoms. The molecule has 148 valence electrons. The lowest BCUT2D eigenvalue weighted by Gasteiger charge is -2.13. The number of aromatic nitrogens is 4. The van der Waals surface area contributed by atoms with E-state index in [0.717, 1.165) is 17.1 Å². The third kappa shape index (κ3) is 3.69. The fraction of sp³-hybridized carbons (Fsp3) is 0.150. The molecule has 29 heavy (non-hydrogen) atoms. The Kier molecular flexibility index (Phi) is 4.77. The van der Waals surface area contributed by atoms with Gasteiger partial charge in [0, 0.05) is 38.1 Å². The van der Waals surface area contributed by atoms with Gasteiger partial charge in [0.25, 0.3) is 0 Å². The SMILES string of the molecule is Cc1cc2nc(-c3ccccn3)cc(Nc3ccc(S(=O)(=O)N(C)C)cc3)n2n1. The Morgan fingerprint density at radius 3 is 2.41 bits per heavy atom. The number of hydrogen-bond acceptors (Lipinski definition) is 6. The summed E-state index contributed by atoms with van der Waals surface area (Å²) in [5, 5.41) is 7.80. The van der Waals surface area contributed by atoms with Crippen molar-refractivity contribution in [3.8, 4) is 11.4 Å². The molecular weight excluding hydrogens is 388 g/mol. The second kappa shape index (κ2) is 7.26. The van der Waals surface area contributed by atoms with Crippen molar-refractivity contribution in [2.45, 2.75) is 11.8 Å². The fourth-order valence-corrected chi connectivity index (χ4v) is 3.79. The van der Waals surface area contributed by atoms with Gasteiger partial charge in [-0.15, -0.1) is 0 Å². The number of benzene rings is 1. The van der Waals surface area contributed by atoms with E-state index in [1.165, 1.54) is 18.4 Å². The fourth-order valence-electron chi connectivity index (χ4n) is 2.89. The van der Waals surface area contributed by atoms with Crippen molar-refractivity contribution in [3.63, 3.8) is 0 Å². The van der Waals surface area contributed by atoms with Gasteiger partial charge in [-0.05, 0) is 43.3 Å². The smallest absolute Gasteiger partial charge is 0.242 e. The minimum atomic E-state index is -3.47. The predicted octanol–water partition coefficient (Wildman–Crippen LogP) is 3.09. The Bertz CT molecular complexity index is 1270. The lowest BCUT2D eigenvalue weighted by atomic mass is 10.2. The van der Waals surface area contributed by atoms with Crippen molar-refractivity contribution >= 4 is 27.2 Å². The third-order valence-electron chi connectivity index (χ3n) is 4.38. The maximum atomic E-state index is 12.3. The molecule has 3 heterocycles. The number of fused-ring (bicyclic) bond motifs is 1. The summed E-state index contributed by atoms with van der Waals surface area (Å²) >= 11 is 0. The van der Waals surface area contributed by atoms with Crippen molar-refractivity contribution < 1.29 is 8.42 Å². The summed E-state index contributed by atoms with van der Waals surface area (Å²) in [5.41, 5.74) is 3.73. The van der Waals surface area contributed by atoms with E-state index in [2.05, 4.69) is 20.4 Å².